The van der Waals surface area contributed by atoms with E-state index >= 15 is 0 Å². The monoisotopic (exact) mass is 214 g/mol. The summed E-state index contributed by atoms with van der Waals surface area (Å²) < 4.78 is 42.4. The molecule has 1 aromatic heterocycles. The van der Waals surface area contributed by atoms with Crippen LogP contribution in [0, 0.1) is 0 Å². The topological polar surface area (TPSA) is 38.9 Å². The van der Waals surface area contributed by atoms with Crippen LogP contribution in [0.5, 0.6) is 0 Å². The van der Waals surface area contributed by atoms with Gasteiger partial charge in [0.1, 0.15) is 0 Å². The minimum absolute atomic E-state index is 0.109. The summed E-state index contributed by atoms with van der Waals surface area (Å²) in [6, 6.07) is 5.05. The predicted octanol–water partition coefficient (Wildman–Crippen LogP) is 2.76. The second-order valence-electron chi connectivity index (χ2n) is 2.79. The van der Waals surface area contributed by atoms with Crippen molar-refractivity contribution in [1.29, 1.82) is 0 Å². The van der Waals surface area contributed by atoms with Gasteiger partial charge in [0.25, 0.3) is 0 Å². The van der Waals surface area contributed by atoms with Gasteiger partial charge in [0.05, 0.1) is 11.1 Å². The Labute approximate surface area is 82.6 Å². The standard InChI is InChI=1S/C9H5F3N2O/c10-9(11,12)7-4-2-1-3-6(7)8-14-13-5-15-8/h1-5H. The largest absolute Gasteiger partial charge is 0.423 e. The van der Waals surface area contributed by atoms with Gasteiger partial charge in [0.15, 0.2) is 0 Å². The summed E-state index contributed by atoms with van der Waals surface area (Å²) >= 11 is 0. The quantitative estimate of drug-likeness (QED) is 0.732. The van der Waals surface area contributed by atoms with Gasteiger partial charge in [-0.2, -0.15) is 13.2 Å². The molecule has 78 valence electrons. The van der Waals surface area contributed by atoms with Crippen molar-refractivity contribution in [1.82, 2.24) is 10.2 Å². The lowest BCUT2D eigenvalue weighted by Crippen LogP contribution is -2.06. The van der Waals surface area contributed by atoms with E-state index in [2.05, 4.69) is 10.2 Å². The van der Waals surface area contributed by atoms with Crippen molar-refractivity contribution in [2.24, 2.45) is 0 Å². The lowest BCUT2D eigenvalue weighted by atomic mass is 10.1. The minimum atomic E-state index is -4.43. The van der Waals surface area contributed by atoms with Crippen LogP contribution in [0.2, 0.25) is 0 Å². The first kappa shape index (κ1) is 9.70. The highest BCUT2D eigenvalue weighted by Crippen LogP contribution is 2.35. The number of aromatic nitrogens is 2. The Bertz CT molecular complexity index is 451. The van der Waals surface area contributed by atoms with E-state index in [1.54, 1.807) is 0 Å². The molecule has 0 N–H and O–H groups in total. The van der Waals surface area contributed by atoms with Gasteiger partial charge in [-0.15, -0.1) is 10.2 Å². The number of halogens is 3. The van der Waals surface area contributed by atoms with Gasteiger partial charge in [0, 0.05) is 0 Å². The van der Waals surface area contributed by atoms with Crippen LogP contribution in [0.1, 0.15) is 5.56 Å². The van der Waals surface area contributed by atoms with E-state index in [1.165, 1.54) is 18.2 Å². The summed E-state index contributed by atoms with van der Waals surface area (Å²) in [5, 5.41) is 6.78. The molecule has 0 aliphatic rings. The highest BCUT2D eigenvalue weighted by molar-refractivity contribution is 5.58. The maximum Gasteiger partial charge on any atom is 0.417 e. The summed E-state index contributed by atoms with van der Waals surface area (Å²) in [5.74, 6) is -0.136. The molecule has 0 atom stereocenters. The van der Waals surface area contributed by atoms with Crippen molar-refractivity contribution >= 4 is 0 Å². The molecule has 2 aromatic rings. The van der Waals surface area contributed by atoms with Gasteiger partial charge < -0.3 is 4.42 Å². The van der Waals surface area contributed by atoms with Crippen LogP contribution in [0.4, 0.5) is 13.2 Å². The Morgan fingerprint density at radius 1 is 1.13 bits per heavy atom. The number of hydrogen-bond acceptors (Lipinski definition) is 3. The molecule has 0 bridgehead atoms. The van der Waals surface area contributed by atoms with Crippen molar-refractivity contribution in [3.05, 3.63) is 36.2 Å². The first-order valence-electron chi connectivity index (χ1n) is 4.02. The molecule has 0 aliphatic carbocycles. The fourth-order valence-corrected chi connectivity index (χ4v) is 1.21. The predicted molar refractivity (Wildman–Crippen MR) is 44.7 cm³/mol. The number of rotatable bonds is 1. The summed E-state index contributed by atoms with van der Waals surface area (Å²) in [6.07, 6.45) is -3.44. The maximum atomic E-state index is 12.6. The molecule has 0 radical (unpaired) electrons. The van der Waals surface area contributed by atoms with Gasteiger partial charge in [0.2, 0.25) is 12.3 Å². The van der Waals surface area contributed by atoms with Crippen molar-refractivity contribution < 1.29 is 17.6 Å². The second kappa shape index (κ2) is 3.38. The molecule has 0 spiro atoms. The van der Waals surface area contributed by atoms with Crippen molar-refractivity contribution in [2.75, 3.05) is 0 Å². The molecule has 0 amide bonds. The second-order valence-corrected chi connectivity index (χ2v) is 2.79. The Kier molecular flexibility index (Phi) is 2.18. The van der Waals surface area contributed by atoms with Gasteiger partial charge in [-0.05, 0) is 12.1 Å². The SMILES string of the molecule is FC(F)(F)c1ccccc1-c1nnco1. The molecule has 1 aromatic carbocycles. The molecule has 6 heteroatoms. The van der Waals surface area contributed by atoms with Gasteiger partial charge in [-0.3, -0.25) is 0 Å². The van der Waals surface area contributed by atoms with E-state index in [0.29, 0.717) is 0 Å². The number of nitrogens with zero attached hydrogens (tertiary/aromatic N) is 2. The van der Waals surface area contributed by atoms with Crippen LogP contribution >= 0.6 is 0 Å². The van der Waals surface area contributed by atoms with Crippen LogP contribution in [0.3, 0.4) is 0 Å². The van der Waals surface area contributed by atoms with Crippen LogP contribution in [-0.2, 0) is 6.18 Å². The zero-order valence-electron chi connectivity index (χ0n) is 7.32. The fourth-order valence-electron chi connectivity index (χ4n) is 1.21. The molecule has 0 unspecified atom stereocenters. The van der Waals surface area contributed by atoms with Gasteiger partial charge >= 0.3 is 6.18 Å². The lowest BCUT2D eigenvalue weighted by Gasteiger charge is -2.09. The number of hydrogen-bond donors (Lipinski definition) is 0. The Morgan fingerprint density at radius 3 is 2.47 bits per heavy atom. The van der Waals surface area contributed by atoms with Crippen molar-refractivity contribution in [2.45, 2.75) is 6.18 Å². The third-order valence-corrected chi connectivity index (χ3v) is 1.82. The third-order valence-electron chi connectivity index (χ3n) is 1.82. The normalized spacial score (nSPS) is 11.7. The van der Waals surface area contributed by atoms with E-state index < -0.39 is 11.7 Å². The average molecular weight is 214 g/mol. The number of benzene rings is 1. The summed E-state index contributed by atoms with van der Waals surface area (Å²) in [7, 11) is 0. The van der Waals surface area contributed by atoms with Gasteiger partial charge in [-0.1, -0.05) is 12.1 Å². The Morgan fingerprint density at radius 2 is 1.87 bits per heavy atom. The highest BCUT2D eigenvalue weighted by Gasteiger charge is 2.34. The van der Waals surface area contributed by atoms with Crippen molar-refractivity contribution in [3.8, 4) is 11.5 Å². The molecule has 15 heavy (non-hydrogen) atoms. The van der Waals surface area contributed by atoms with Crippen LogP contribution < -0.4 is 0 Å². The Balaban J connectivity index is 2.58. The fraction of sp³-hybridized carbons (Fsp3) is 0.111. The smallest absolute Gasteiger partial charge is 0.417 e. The summed E-state index contributed by atoms with van der Waals surface area (Å²) in [6.45, 7) is 0. The van der Waals surface area contributed by atoms with E-state index in [0.717, 1.165) is 12.5 Å². The molecule has 2 rings (SSSR count). The van der Waals surface area contributed by atoms with E-state index in [1.807, 2.05) is 0 Å². The molecule has 1 heterocycles. The van der Waals surface area contributed by atoms with Crippen molar-refractivity contribution in [3.63, 3.8) is 0 Å². The molecule has 3 nitrogen and oxygen atoms in total. The lowest BCUT2D eigenvalue weighted by molar-refractivity contribution is -0.137. The van der Waals surface area contributed by atoms with Gasteiger partial charge in [-0.25, -0.2) is 0 Å². The molecular formula is C9H5F3N2O. The molecular weight excluding hydrogens is 209 g/mol. The van der Waals surface area contributed by atoms with Crippen LogP contribution in [0.25, 0.3) is 11.5 Å². The van der Waals surface area contributed by atoms with Crippen LogP contribution in [-0.4, -0.2) is 10.2 Å². The Hall–Kier alpha value is -1.85. The minimum Gasteiger partial charge on any atom is -0.423 e. The molecule has 0 saturated heterocycles. The summed E-state index contributed by atoms with van der Waals surface area (Å²) in [4.78, 5) is 0. The van der Waals surface area contributed by atoms with E-state index in [4.69, 9.17) is 4.42 Å². The zero-order chi connectivity index (χ0) is 10.9. The summed E-state index contributed by atoms with van der Waals surface area (Å²) in [5.41, 5.74) is -0.892. The maximum absolute atomic E-state index is 12.6. The number of alkyl halides is 3. The van der Waals surface area contributed by atoms with E-state index in [9.17, 15) is 13.2 Å². The average Bonchev–Trinajstić information content (AvgIpc) is 2.69. The first-order valence-corrected chi connectivity index (χ1v) is 4.02. The first-order chi connectivity index (χ1) is 7.09. The third kappa shape index (κ3) is 1.83. The highest BCUT2D eigenvalue weighted by atomic mass is 19.4. The molecule has 0 fully saturated rings. The van der Waals surface area contributed by atoms with E-state index in [-0.39, 0.29) is 11.5 Å². The molecule has 0 saturated carbocycles. The molecule has 0 aliphatic heterocycles. The van der Waals surface area contributed by atoms with Crippen LogP contribution in [0.15, 0.2) is 35.1 Å². The zero-order valence-corrected chi connectivity index (χ0v) is 7.32.